The van der Waals surface area contributed by atoms with Crippen molar-refractivity contribution >= 4 is 5.90 Å². The molecule has 2 heteroatoms. The maximum atomic E-state index is 6.74. The third-order valence-electron chi connectivity index (χ3n) is 0.604. The summed E-state index contributed by atoms with van der Waals surface area (Å²) in [6.45, 7) is 0.582. The van der Waals surface area contributed by atoms with Crippen LogP contribution in [0.4, 0.5) is 0 Å². The molecular weight excluding hydrogens is 78.0 g/mol. The van der Waals surface area contributed by atoms with E-state index in [0.717, 1.165) is 0 Å². The predicted octanol–water partition coefficient (Wildman–Crippen LogP) is 0.550. The van der Waals surface area contributed by atoms with Gasteiger partial charge in [-0.1, -0.05) is 0 Å². The molecule has 1 aliphatic rings. The molecule has 1 rings (SSSR count). The number of ether oxygens (including phenoxy) is 1. The van der Waals surface area contributed by atoms with Crippen molar-refractivity contribution in [2.24, 2.45) is 0 Å². The lowest BCUT2D eigenvalue weighted by Gasteiger charge is -1.85. The molecule has 2 nitrogen and oxygen atoms in total. The van der Waals surface area contributed by atoms with Gasteiger partial charge in [0.15, 0.2) is 0 Å². The van der Waals surface area contributed by atoms with E-state index >= 15 is 0 Å². The van der Waals surface area contributed by atoms with Crippen LogP contribution < -0.4 is 0 Å². The molecule has 0 unspecified atom stereocenters. The quantitative estimate of drug-likeness (QED) is 0.455. The molecule has 0 saturated heterocycles. The summed E-state index contributed by atoms with van der Waals surface area (Å²) in [7, 11) is 0. The number of rotatable bonds is 0. The van der Waals surface area contributed by atoms with Gasteiger partial charge >= 0.3 is 0 Å². The molecule has 0 amide bonds. The van der Waals surface area contributed by atoms with Crippen LogP contribution in [0.3, 0.4) is 0 Å². The van der Waals surface area contributed by atoms with E-state index in [9.17, 15) is 0 Å². The van der Waals surface area contributed by atoms with Crippen molar-refractivity contribution in [3.05, 3.63) is 12.2 Å². The fourth-order valence-corrected chi connectivity index (χ4v) is 0.341. The normalized spacial score (nSPS) is 18.3. The second kappa shape index (κ2) is 1.12. The van der Waals surface area contributed by atoms with Gasteiger partial charge in [-0.15, -0.1) is 0 Å². The highest BCUT2D eigenvalue weighted by Gasteiger charge is 1.93. The van der Waals surface area contributed by atoms with Gasteiger partial charge in [0.2, 0.25) is 5.90 Å². The lowest BCUT2D eigenvalue weighted by Crippen LogP contribution is -1.88. The first-order chi connectivity index (χ1) is 2.89. The van der Waals surface area contributed by atoms with Gasteiger partial charge in [-0.2, -0.15) is 0 Å². The molecule has 0 radical (unpaired) electrons. The number of nitrogens with one attached hydrogen (secondary N) is 1. The van der Waals surface area contributed by atoms with Gasteiger partial charge in [-0.05, 0) is 12.2 Å². The van der Waals surface area contributed by atoms with Gasteiger partial charge in [0.1, 0.15) is 6.61 Å². The molecule has 0 bridgehead atoms. The number of hydrogen-bond donors (Lipinski definition) is 1. The largest absolute Gasteiger partial charge is 0.474 e. The van der Waals surface area contributed by atoms with Crippen molar-refractivity contribution in [3.8, 4) is 0 Å². The molecule has 0 aromatic rings. The molecule has 1 N–H and O–H groups in total. The smallest absolute Gasteiger partial charge is 0.205 e. The average molecular weight is 83.1 g/mol. The SMILES string of the molecule is N=C1C=CCO1. The minimum atomic E-state index is 0.273. The molecule has 1 heterocycles. The van der Waals surface area contributed by atoms with Crippen molar-refractivity contribution in [1.29, 1.82) is 5.41 Å². The molecule has 32 valence electrons. The topological polar surface area (TPSA) is 33.1 Å². The van der Waals surface area contributed by atoms with Crippen LogP contribution in [-0.2, 0) is 4.74 Å². The van der Waals surface area contributed by atoms with E-state index in [4.69, 9.17) is 5.41 Å². The van der Waals surface area contributed by atoms with Crippen LogP contribution in [0.5, 0.6) is 0 Å². The van der Waals surface area contributed by atoms with Crippen molar-refractivity contribution in [2.45, 2.75) is 0 Å². The van der Waals surface area contributed by atoms with Crippen LogP contribution in [0.2, 0.25) is 0 Å². The predicted molar refractivity (Wildman–Crippen MR) is 22.8 cm³/mol. The lowest BCUT2D eigenvalue weighted by molar-refractivity contribution is 0.364. The van der Waals surface area contributed by atoms with Crippen LogP contribution in [0, 0.1) is 5.41 Å². The fraction of sp³-hybridized carbons (Fsp3) is 0.250. The van der Waals surface area contributed by atoms with Gasteiger partial charge in [0.25, 0.3) is 0 Å². The first kappa shape index (κ1) is 3.40. The Morgan fingerprint density at radius 3 is 2.83 bits per heavy atom. The first-order valence-electron chi connectivity index (χ1n) is 1.77. The van der Waals surface area contributed by atoms with Gasteiger partial charge < -0.3 is 4.74 Å². The van der Waals surface area contributed by atoms with Crippen LogP contribution >= 0.6 is 0 Å². The van der Waals surface area contributed by atoms with Gasteiger partial charge in [-0.25, -0.2) is 0 Å². The summed E-state index contributed by atoms with van der Waals surface area (Å²) in [5.74, 6) is 0.273. The van der Waals surface area contributed by atoms with E-state index in [-0.39, 0.29) is 5.90 Å². The molecule has 0 aromatic carbocycles. The molecule has 0 aliphatic carbocycles. The third-order valence-corrected chi connectivity index (χ3v) is 0.604. The highest BCUT2D eigenvalue weighted by Crippen LogP contribution is 1.90. The Morgan fingerprint density at radius 2 is 2.67 bits per heavy atom. The minimum absolute atomic E-state index is 0.273. The summed E-state index contributed by atoms with van der Waals surface area (Å²) < 4.78 is 4.62. The van der Waals surface area contributed by atoms with Gasteiger partial charge in [-0.3, -0.25) is 5.41 Å². The second-order valence-corrected chi connectivity index (χ2v) is 1.08. The lowest BCUT2D eigenvalue weighted by atomic mass is 10.6. The monoisotopic (exact) mass is 83.0 g/mol. The Bertz CT molecular complexity index is 95.7. The van der Waals surface area contributed by atoms with Crippen LogP contribution in [0.25, 0.3) is 0 Å². The van der Waals surface area contributed by atoms with E-state index < -0.39 is 0 Å². The van der Waals surface area contributed by atoms with Crippen LogP contribution in [0.15, 0.2) is 12.2 Å². The standard InChI is InChI=1S/C4H5NO/c5-4-2-1-3-6-4/h1-2,5H,3H2. The summed E-state index contributed by atoms with van der Waals surface area (Å²) in [4.78, 5) is 0. The molecule has 6 heavy (non-hydrogen) atoms. The van der Waals surface area contributed by atoms with E-state index in [0.29, 0.717) is 6.61 Å². The second-order valence-electron chi connectivity index (χ2n) is 1.08. The summed E-state index contributed by atoms with van der Waals surface area (Å²) in [5, 5.41) is 6.74. The van der Waals surface area contributed by atoms with E-state index in [1.807, 2.05) is 6.08 Å². The molecule has 1 aliphatic heterocycles. The first-order valence-corrected chi connectivity index (χ1v) is 1.77. The van der Waals surface area contributed by atoms with Crippen molar-refractivity contribution in [1.82, 2.24) is 0 Å². The maximum absolute atomic E-state index is 6.74. The van der Waals surface area contributed by atoms with E-state index in [2.05, 4.69) is 4.74 Å². The molecule has 0 spiro atoms. The minimum Gasteiger partial charge on any atom is -0.474 e. The maximum Gasteiger partial charge on any atom is 0.205 e. The highest BCUT2D eigenvalue weighted by atomic mass is 16.5. The van der Waals surface area contributed by atoms with Gasteiger partial charge in [0, 0.05) is 0 Å². The van der Waals surface area contributed by atoms with Crippen molar-refractivity contribution in [2.75, 3.05) is 6.61 Å². The van der Waals surface area contributed by atoms with Crippen molar-refractivity contribution in [3.63, 3.8) is 0 Å². The fourth-order valence-electron chi connectivity index (χ4n) is 0.341. The third kappa shape index (κ3) is 0.407. The summed E-state index contributed by atoms with van der Waals surface area (Å²) >= 11 is 0. The van der Waals surface area contributed by atoms with Crippen LogP contribution in [-0.4, -0.2) is 12.5 Å². The summed E-state index contributed by atoms with van der Waals surface area (Å²) in [5.41, 5.74) is 0. The Hall–Kier alpha value is -0.790. The molecule has 0 aromatic heterocycles. The zero-order valence-corrected chi connectivity index (χ0v) is 3.27. The Morgan fingerprint density at radius 1 is 1.83 bits per heavy atom. The molecular formula is C4H5NO. The Labute approximate surface area is 35.9 Å². The van der Waals surface area contributed by atoms with Crippen LogP contribution in [0.1, 0.15) is 0 Å². The molecule has 0 atom stereocenters. The van der Waals surface area contributed by atoms with Gasteiger partial charge in [0.05, 0.1) is 0 Å². The summed E-state index contributed by atoms with van der Waals surface area (Å²) in [6, 6.07) is 0. The molecule has 0 fully saturated rings. The number of hydrogen-bond acceptors (Lipinski definition) is 2. The van der Waals surface area contributed by atoms with E-state index in [1.165, 1.54) is 0 Å². The molecule has 0 saturated carbocycles. The average Bonchev–Trinajstić information content (AvgIpc) is 1.86. The summed E-state index contributed by atoms with van der Waals surface area (Å²) in [6.07, 6.45) is 3.45. The van der Waals surface area contributed by atoms with E-state index in [1.54, 1.807) is 6.08 Å². The Balaban J connectivity index is 2.59. The Kier molecular flexibility index (Phi) is 0.638. The van der Waals surface area contributed by atoms with Crippen molar-refractivity contribution < 1.29 is 4.74 Å². The zero-order valence-electron chi connectivity index (χ0n) is 3.27. The highest BCUT2D eigenvalue weighted by molar-refractivity contribution is 5.86. The zero-order chi connectivity index (χ0) is 4.41.